The highest BCUT2D eigenvalue weighted by atomic mass is 19.2. The Kier molecular flexibility index (Phi) is 10.5. The number of ether oxygens (including phenoxy) is 1. The minimum atomic E-state index is -1.79. The highest BCUT2D eigenvalue weighted by molar-refractivity contribution is 6.00. The lowest BCUT2D eigenvalue weighted by Crippen LogP contribution is -2.70. The predicted octanol–water partition coefficient (Wildman–Crippen LogP) is 4.50. The summed E-state index contributed by atoms with van der Waals surface area (Å²) in [5.74, 6) is -7.23. The fourth-order valence-electron chi connectivity index (χ4n) is 9.77. The topological polar surface area (TPSA) is 182 Å². The zero-order valence-electron chi connectivity index (χ0n) is 34.9. The molecule has 1 saturated carbocycles. The number of rotatable bonds is 9. The number of carbonyl (C=O) groups excluding carboxylic acids is 3. The van der Waals surface area contributed by atoms with Gasteiger partial charge in [-0.25, -0.2) is 23.5 Å². The highest BCUT2D eigenvalue weighted by Crippen LogP contribution is 2.36. The summed E-state index contributed by atoms with van der Waals surface area (Å²) >= 11 is 0. The number of imide groups is 1. The molecule has 3 N–H and O–H groups in total. The average molecular weight is 879 g/mol. The first kappa shape index (κ1) is 41.4. The number of hydrogen-bond donors (Lipinski definition) is 3. The maximum atomic E-state index is 14.2. The predicted molar refractivity (Wildman–Crippen MR) is 227 cm³/mol. The fourth-order valence-corrected chi connectivity index (χ4v) is 9.77. The van der Waals surface area contributed by atoms with E-state index < -0.39 is 46.6 Å². The van der Waals surface area contributed by atoms with Crippen molar-refractivity contribution in [1.82, 2.24) is 44.4 Å². The molecule has 6 aromatic rings. The lowest BCUT2D eigenvalue weighted by Gasteiger charge is -2.53. The number of fused-ring (bicyclic) bond motifs is 2. The number of nitrogens with zero attached hydrogens (tertiary/aromatic N) is 8. The van der Waals surface area contributed by atoms with E-state index >= 15 is 0 Å². The number of piperidine rings is 1. The van der Waals surface area contributed by atoms with Crippen LogP contribution in [0.1, 0.15) is 66.5 Å². The van der Waals surface area contributed by atoms with Crippen LogP contribution in [0, 0.1) is 23.4 Å². The summed E-state index contributed by atoms with van der Waals surface area (Å²) in [6, 6.07) is 11.9. The molecule has 10 rings (SSSR count). The number of amides is 3. The molecule has 1 aliphatic carbocycles. The number of hydrogen-bond acceptors (Lipinski definition) is 11. The lowest BCUT2D eigenvalue weighted by molar-refractivity contribution is -0.135. The van der Waals surface area contributed by atoms with Crippen molar-refractivity contribution in [3.8, 4) is 16.9 Å². The molecule has 0 radical (unpaired) electrons. The van der Waals surface area contributed by atoms with Gasteiger partial charge in [0.05, 0.1) is 47.9 Å². The van der Waals surface area contributed by atoms with Crippen LogP contribution in [-0.2, 0) is 27.9 Å². The van der Waals surface area contributed by atoms with E-state index in [1.807, 2.05) is 59.7 Å². The Bertz CT molecular complexity index is 2900. The molecule has 1 spiro atoms. The van der Waals surface area contributed by atoms with Gasteiger partial charge in [-0.15, -0.1) is 0 Å². The molecule has 3 aliphatic heterocycles. The number of nitrogens with one attached hydrogen (secondary N) is 2. The standard InChI is InChI=1S/C45H45F3N10O6/c1-54-36-14-26(4-9-34(36)58(44(54)63)35-10-11-37(59)52-42(35)62)20-55-12-13-64-45(22-55)23-56(24-45)43-50-18-29(19-51-43)27-5-6-28-21-57(53-33(28)15-27)30-7-2-25(3-8-30)17-49-41(61)31-16-32(46)40(60)39(48)38(31)47/h4-6,9,14-16,18-19,21,25,30,35,60H,2-3,7-8,10-13,17,20,22-24H2,1H3,(H,49,61)(H,52,59,62)/t25-,30-,35?. The Labute approximate surface area is 363 Å². The van der Waals surface area contributed by atoms with Crippen molar-refractivity contribution >= 4 is 45.6 Å². The molecule has 3 amide bonds. The van der Waals surface area contributed by atoms with Gasteiger partial charge in [0.1, 0.15) is 11.6 Å². The van der Waals surface area contributed by atoms with Crippen molar-refractivity contribution in [2.24, 2.45) is 13.0 Å². The van der Waals surface area contributed by atoms with Crippen LogP contribution in [-0.4, -0.2) is 102 Å². The van der Waals surface area contributed by atoms with Gasteiger partial charge in [0, 0.05) is 69.2 Å². The van der Waals surface area contributed by atoms with Crippen molar-refractivity contribution < 1.29 is 37.4 Å². The van der Waals surface area contributed by atoms with E-state index in [1.165, 1.54) is 4.57 Å². The van der Waals surface area contributed by atoms with Gasteiger partial charge in [-0.05, 0) is 73.4 Å². The van der Waals surface area contributed by atoms with Gasteiger partial charge in [0.15, 0.2) is 17.4 Å². The third-order valence-corrected chi connectivity index (χ3v) is 13.3. The van der Waals surface area contributed by atoms with E-state index in [0.29, 0.717) is 43.8 Å². The molecule has 1 atom stereocenters. The van der Waals surface area contributed by atoms with E-state index in [0.717, 1.165) is 71.9 Å². The van der Waals surface area contributed by atoms with E-state index in [-0.39, 0.29) is 48.5 Å². The van der Waals surface area contributed by atoms with Crippen LogP contribution < -0.4 is 21.2 Å². The van der Waals surface area contributed by atoms with Gasteiger partial charge in [-0.2, -0.15) is 9.49 Å². The van der Waals surface area contributed by atoms with Gasteiger partial charge >= 0.3 is 5.69 Å². The van der Waals surface area contributed by atoms with Crippen LogP contribution in [0.2, 0.25) is 0 Å². The van der Waals surface area contributed by atoms with E-state index in [9.17, 15) is 37.5 Å². The Morgan fingerprint density at radius 3 is 2.48 bits per heavy atom. The minimum absolute atomic E-state index is 0.101. The molecule has 332 valence electrons. The lowest BCUT2D eigenvalue weighted by atomic mass is 9.86. The van der Waals surface area contributed by atoms with E-state index in [1.54, 1.807) is 11.6 Å². The molecular weight excluding hydrogens is 834 g/mol. The second-order valence-corrected chi connectivity index (χ2v) is 17.5. The molecule has 64 heavy (non-hydrogen) atoms. The molecule has 1 unspecified atom stereocenters. The maximum Gasteiger partial charge on any atom is 0.329 e. The third-order valence-electron chi connectivity index (χ3n) is 13.3. The average Bonchev–Trinajstić information content (AvgIpc) is 3.82. The Balaban J connectivity index is 0.726. The van der Waals surface area contributed by atoms with Crippen molar-refractivity contribution in [3.05, 3.63) is 100 Å². The summed E-state index contributed by atoms with van der Waals surface area (Å²) in [6.07, 6.45) is 9.29. The van der Waals surface area contributed by atoms with Gasteiger partial charge in [-0.1, -0.05) is 18.2 Å². The molecule has 3 aromatic heterocycles. The zero-order valence-corrected chi connectivity index (χ0v) is 34.9. The summed E-state index contributed by atoms with van der Waals surface area (Å²) < 4.78 is 53.0. The van der Waals surface area contributed by atoms with Crippen LogP contribution in [0.15, 0.2) is 65.8 Å². The van der Waals surface area contributed by atoms with Gasteiger partial charge < -0.3 is 20.1 Å². The van der Waals surface area contributed by atoms with Crippen LogP contribution >= 0.6 is 0 Å². The van der Waals surface area contributed by atoms with Crippen LogP contribution in [0.4, 0.5) is 19.1 Å². The largest absolute Gasteiger partial charge is 0.503 e. The second-order valence-electron chi connectivity index (χ2n) is 17.5. The fraction of sp³-hybridized carbons (Fsp3) is 0.400. The number of phenols is 1. The van der Waals surface area contributed by atoms with Crippen molar-refractivity contribution in [2.75, 3.05) is 44.2 Å². The van der Waals surface area contributed by atoms with E-state index in [4.69, 9.17) is 19.8 Å². The summed E-state index contributed by atoms with van der Waals surface area (Å²) in [5.41, 5.74) is 3.63. The number of benzene rings is 3. The van der Waals surface area contributed by atoms with Crippen LogP contribution in [0.5, 0.6) is 5.75 Å². The zero-order chi connectivity index (χ0) is 44.4. The summed E-state index contributed by atoms with van der Waals surface area (Å²) in [7, 11) is 1.70. The molecule has 4 aliphatic rings. The SMILES string of the molecule is Cn1c(=O)n(C2CCC(=O)NC2=O)c2ccc(CN3CCOC4(C3)CN(c3ncc(-c5ccc6cn([C@H]7CC[C@H](CNC(=O)c8cc(F)c(O)c(F)c8F)CC7)nc6c5)cn3)C4)cc21. The summed E-state index contributed by atoms with van der Waals surface area (Å²) in [6.45, 7) is 4.25. The number of morpholine rings is 1. The number of aryl methyl sites for hydroxylation is 1. The first-order chi connectivity index (χ1) is 30.8. The molecule has 4 fully saturated rings. The third kappa shape index (κ3) is 7.55. The van der Waals surface area contributed by atoms with Crippen molar-refractivity contribution in [2.45, 2.75) is 62.8 Å². The first-order valence-electron chi connectivity index (χ1n) is 21.4. The Hall–Kier alpha value is -6.60. The molecule has 6 heterocycles. The molecule has 3 saturated heterocycles. The quantitative estimate of drug-likeness (QED) is 0.138. The Morgan fingerprint density at radius 2 is 1.72 bits per heavy atom. The molecule has 16 nitrogen and oxygen atoms in total. The van der Waals surface area contributed by atoms with Crippen molar-refractivity contribution in [1.29, 1.82) is 0 Å². The number of anilines is 1. The van der Waals surface area contributed by atoms with Gasteiger partial charge in [-0.3, -0.25) is 38.4 Å². The van der Waals surface area contributed by atoms with Gasteiger partial charge in [0.25, 0.3) is 5.91 Å². The first-order valence-corrected chi connectivity index (χ1v) is 21.4. The Morgan fingerprint density at radius 1 is 0.938 bits per heavy atom. The van der Waals surface area contributed by atoms with Crippen molar-refractivity contribution in [3.63, 3.8) is 0 Å². The number of carbonyl (C=O) groups is 3. The van der Waals surface area contributed by atoms with E-state index in [2.05, 4.69) is 20.4 Å². The second kappa shape index (κ2) is 16.2. The molecule has 0 bridgehead atoms. The number of aromatic nitrogens is 6. The molecule has 3 aromatic carbocycles. The number of aromatic hydroxyl groups is 1. The highest BCUT2D eigenvalue weighted by Gasteiger charge is 2.48. The van der Waals surface area contributed by atoms with Gasteiger partial charge in [0.2, 0.25) is 23.6 Å². The minimum Gasteiger partial charge on any atom is -0.503 e. The smallest absolute Gasteiger partial charge is 0.329 e. The summed E-state index contributed by atoms with van der Waals surface area (Å²) in [4.78, 5) is 64.0. The number of phenolic OH excluding ortho intramolecular Hbond substituents is 1. The number of imidazole rings is 1. The van der Waals surface area contributed by atoms with Crippen LogP contribution in [0.25, 0.3) is 33.1 Å². The summed E-state index contributed by atoms with van der Waals surface area (Å²) in [5, 5.41) is 20.1. The number of halogens is 3. The maximum absolute atomic E-state index is 14.2. The molecular formula is C45H45F3N10O6. The van der Waals surface area contributed by atoms with Crippen LogP contribution in [0.3, 0.4) is 0 Å². The normalized spacial score (nSPS) is 21.4. The molecule has 19 heteroatoms. The monoisotopic (exact) mass is 878 g/mol.